The Morgan fingerprint density at radius 1 is 1.43 bits per heavy atom. The van der Waals surface area contributed by atoms with Gasteiger partial charge in [0.15, 0.2) is 5.75 Å². The second-order valence-corrected chi connectivity index (χ2v) is 6.67. The Bertz CT molecular complexity index is 618. The molecule has 7 nitrogen and oxygen atoms in total. The molecule has 0 aliphatic heterocycles. The van der Waals surface area contributed by atoms with Crippen molar-refractivity contribution in [3.8, 4) is 5.75 Å². The summed E-state index contributed by atoms with van der Waals surface area (Å²) in [5, 5.41) is 15.8. The second kappa shape index (κ2) is 6.81. The van der Waals surface area contributed by atoms with E-state index in [0.29, 0.717) is 0 Å². The number of hydrogen-bond acceptors (Lipinski definition) is 5. The van der Waals surface area contributed by atoms with Gasteiger partial charge in [-0.05, 0) is 12.0 Å². The second-order valence-electron chi connectivity index (χ2n) is 5.01. The van der Waals surface area contributed by atoms with Crippen molar-refractivity contribution in [1.82, 2.24) is 0 Å². The molecule has 0 saturated carbocycles. The minimum absolute atomic E-state index is 0.0732. The van der Waals surface area contributed by atoms with E-state index in [1.165, 1.54) is 0 Å². The fourth-order valence-corrected chi connectivity index (χ4v) is 2.76. The van der Waals surface area contributed by atoms with Crippen LogP contribution in [0.4, 0.5) is 10.1 Å². The highest BCUT2D eigenvalue weighted by Crippen LogP contribution is 2.28. The SMILES string of the molecule is CC(C)C(COc1cc(F)ccc1[N+](=O)[O-])CS(N)(=O)=O. The summed E-state index contributed by atoms with van der Waals surface area (Å²) in [6.45, 7) is 3.44. The lowest BCUT2D eigenvalue weighted by Crippen LogP contribution is -2.30. The largest absolute Gasteiger partial charge is 0.486 e. The summed E-state index contributed by atoms with van der Waals surface area (Å²) >= 11 is 0. The van der Waals surface area contributed by atoms with Crippen LogP contribution in [0, 0.1) is 27.8 Å². The van der Waals surface area contributed by atoms with Crippen molar-refractivity contribution in [2.24, 2.45) is 17.0 Å². The average molecular weight is 320 g/mol. The number of ether oxygens (including phenoxy) is 1. The zero-order valence-corrected chi connectivity index (χ0v) is 12.5. The number of hydrogen-bond donors (Lipinski definition) is 1. The first kappa shape index (κ1) is 17.3. The van der Waals surface area contributed by atoms with E-state index in [0.717, 1.165) is 18.2 Å². The number of nitro benzene ring substituents is 1. The Morgan fingerprint density at radius 2 is 2.05 bits per heavy atom. The van der Waals surface area contributed by atoms with E-state index in [9.17, 15) is 22.9 Å². The molecule has 1 atom stereocenters. The molecule has 1 aromatic carbocycles. The molecule has 0 radical (unpaired) electrons. The molecule has 0 aromatic heterocycles. The van der Waals surface area contributed by atoms with Crippen LogP contribution in [0.25, 0.3) is 0 Å². The van der Waals surface area contributed by atoms with Gasteiger partial charge in [0, 0.05) is 18.1 Å². The fraction of sp³-hybridized carbons (Fsp3) is 0.500. The number of halogens is 1. The molecular formula is C12H17FN2O5S. The first-order valence-electron chi connectivity index (χ1n) is 6.17. The van der Waals surface area contributed by atoms with E-state index in [4.69, 9.17) is 9.88 Å². The van der Waals surface area contributed by atoms with Gasteiger partial charge in [0.2, 0.25) is 10.0 Å². The molecule has 0 aliphatic carbocycles. The van der Waals surface area contributed by atoms with Gasteiger partial charge in [0.1, 0.15) is 5.82 Å². The molecule has 9 heteroatoms. The van der Waals surface area contributed by atoms with Crippen LogP contribution in [-0.4, -0.2) is 25.7 Å². The van der Waals surface area contributed by atoms with Crippen molar-refractivity contribution >= 4 is 15.7 Å². The van der Waals surface area contributed by atoms with Crippen LogP contribution in [0.1, 0.15) is 13.8 Å². The van der Waals surface area contributed by atoms with Gasteiger partial charge in [-0.15, -0.1) is 0 Å². The lowest BCUT2D eigenvalue weighted by atomic mass is 9.99. The quantitative estimate of drug-likeness (QED) is 0.606. The van der Waals surface area contributed by atoms with Gasteiger partial charge >= 0.3 is 5.69 Å². The van der Waals surface area contributed by atoms with Gasteiger partial charge in [-0.3, -0.25) is 10.1 Å². The van der Waals surface area contributed by atoms with Gasteiger partial charge in [-0.25, -0.2) is 17.9 Å². The summed E-state index contributed by atoms with van der Waals surface area (Å²) in [5.41, 5.74) is -0.380. The van der Waals surface area contributed by atoms with Crippen molar-refractivity contribution in [2.45, 2.75) is 13.8 Å². The third-order valence-electron chi connectivity index (χ3n) is 2.96. The third kappa shape index (κ3) is 5.64. The predicted octanol–water partition coefficient (Wildman–Crippen LogP) is 1.67. The molecule has 1 unspecified atom stereocenters. The smallest absolute Gasteiger partial charge is 0.311 e. The number of benzene rings is 1. The summed E-state index contributed by atoms with van der Waals surface area (Å²) < 4.78 is 40.7. The fourth-order valence-electron chi connectivity index (χ4n) is 1.68. The van der Waals surface area contributed by atoms with E-state index < -0.39 is 26.7 Å². The molecule has 118 valence electrons. The van der Waals surface area contributed by atoms with Crippen molar-refractivity contribution in [2.75, 3.05) is 12.4 Å². The molecule has 0 aliphatic rings. The van der Waals surface area contributed by atoms with E-state index >= 15 is 0 Å². The minimum Gasteiger partial charge on any atom is -0.486 e. The van der Waals surface area contributed by atoms with Crippen molar-refractivity contribution in [1.29, 1.82) is 0 Å². The normalized spacial score (nSPS) is 13.2. The van der Waals surface area contributed by atoms with E-state index in [2.05, 4.69) is 0 Å². The van der Waals surface area contributed by atoms with Crippen LogP contribution in [0.5, 0.6) is 5.75 Å². The summed E-state index contributed by atoms with van der Waals surface area (Å²) in [6.07, 6.45) is 0. The topological polar surface area (TPSA) is 113 Å². The highest BCUT2D eigenvalue weighted by molar-refractivity contribution is 7.89. The lowest BCUT2D eigenvalue weighted by Gasteiger charge is -2.20. The maximum atomic E-state index is 13.1. The summed E-state index contributed by atoms with van der Waals surface area (Å²) in [4.78, 5) is 10.1. The molecular weight excluding hydrogens is 303 g/mol. The number of nitro groups is 1. The maximum Gasteiger partial charge on any atom is 0.311 e. The van der Waals surface area contributed by atoms with Crippen molar-refractivity contribution < 1.29 is 22.5 Å². The number of rotatable bonds is 7. The molecule has 0 heterocycles. The van der Waals surface area contributed by atoms with E-state index in [1.807, 2.05) is 0 Å². The van der Waals surface area contributed by atoms with Crippen LogP contribution in [0.15, 0.2) is 18.2 Å². The summed E-state index contributed by atoms with van der Waals surface area (Å²) in [5.74, 6) is -1.75. The number of sulfonamides is 1. The van der Waals surface area contributed by atoms with Gasteiger partial charge in [-0.2, -0.15) is 0 Å². The molecule has 1 rings (SSSR count). The Balaban J connectivity index is 2.90. The van der Waals surface area contributed by atoms with Gasteiger partial charge in [0.05, 0.1) is 17.3 Å². The maximum absolute atomic E-state index is 13.1. The van der Waals surface area contributed by atoms with E-state index in [1.54, 1.807) is 13.8 Å². The van der Waals surface area contributed by atoms with Gasteiger partial charge in [-0.1, -0.05) is 13.8 Å². The molecule has 0 amide bonds. The Labute approximate surface area is 122 Å². The Kier molecular flexibility index (Phi) is 5.62. The molecule has 1 aromatic rings. The average Bonchev–Trinajstić information content (AvgIpc) is 2.32. The summed E-state index contributed by atoms with van der Waals surface area (Å²) in [6, 6.07) is 2.84. The van der Waals surface area contributed by atoms with Gasteiger partial charge in [0.25, 0.3) is 0 Å². The van der Waals surface area contributed by atoms with Crippen molar-refractivity contribution in [3.63, 3.8) is 0 Å². The van der Waals surface area contributed by atoms with Gasteiger partial charge < -0.3 is 4.74 Å². The summed E-state index contributed by atoms with van der Waals surface area (Å²) in [7, 11) is -3.70. The highest BCUT2D eigenvalue weighted by Gasteiger charge is 2.23. The highest BCUT2D eigenvalue weighted by atomic mass is 32.2. The lowest BCUT2D eigenvalue weighted by molar-refractivity contribution is -0.386. The van der Waals surface area contributed by atoms with Crippen molar-refractivity contribution in [3.05, 3.63) is 34.1 Å². The van der Waals surface area contributed by atoms with Crippen LogP contribution in [0.3, 0.4) is 0 Å². The third-order valence-corrected chi connectivity index (χ3v) is 3.85. The number of nitrogens with two attached hydrogens (primary N) is 1. The number of nitrogens with zero attached hydrogens (tertiary/aromatic N) is 1. The predicted molar refractivity (Wildman–Crippen MR) is 74.9 cm³/mol. The first-order valence-corrected chi connectivity index (χ1v) is 7.89. The molecule has 21 heavy (non-hydrogen) atoms. The van der Waals surface area contributed by atoms with Crippen LogP contribution < -0.4 is 9.88 Å². The zero-order chi connectivity index (χ0) is 16.2. The Hall–Kier alpha value is -1.74. The van der Waals surface area contributed by atoms with Crippen LogP contribution in [-0.2, 0) is 10.0 Å². The first-order chi connectivity index (χ1) is 9.60. The van der Waals surface area contributed by atoms with Crippen LogP contribution in [0.2, 0.25) is 0 Å². The monoisotopic (exact) mass is 320 g/mol. The minimum atomic E-state index is -3.70. The molecule has 0 bridgehead atoms. The standard InChI is InChI=1S/C12H17FN2O5S/c1-8(2)9(7-21(14,18)19)6-20-12-5-10(13)3-4-11(12)15(16)17/h3-5,8-9H,6-7H2,1-2H3,(H2,14,18,19). The molecule has 0 spiro atoms. The number of primary sulfonamides is 1. The zero-order valence-electron chi connectivity index (χ0n) is 11.7. The van der Waals surface area contributed by atoms with E-state index in [-0.39, 0.29) is 29.7 Å². The Morgan fingerprint density at radius 3 is 2.52 bits per heavy atom. The molecule has 0 saturated heterocycles. The molecule has 2 N–H and O–H groups in total. The van der Waals surface area contributed by atoms with Crippen LogP contribution >= 0.6 is 0 Å². The molecule has 0 fully saturated rings.